The summed E-state index contributed by atoms with van der Waals surface area (Å²) in [5.74, 6) is 0.508. The maximum absolute atomic E-state index is 13.9. The Morgan fingerprint density at radius 2 is 1.96 bits per heavy atom. The van der Waals surface area contributed by atoms with Gasteiger partial charge in [0.15, 0.2) is 0 Å². The van der Waals surface area contributed by atoms with Crippen LogP contribution in [0.4, 0.5) is 10.2 Å². The second-order valence-corrected chi connectivity index (χ2v) is 6.75. The Balaban J connectivity index is 1.81. The fourth-order valence-corrected chi connectivity index (χ4v) is 3.54. The van der Waals surface area contributed by atoms with E-state index in [1.807, 2.05) is 34.9 Å². The maximum atomic E-state index is 13.9. The molecule has 0 atom stereocenters. The molecule has 0 amide bonds. The summed E-state index contributed by atoms with van der Waals surface area (Å²) in [6.45, 7) is 0. The van der Waals surface area contributed by atoms with Gasteiger partial charge in [0.05, 0.1) is 5.02 Å². The Kier molecular flexibility index (Phi) is 4.15. The van der Waals surface area contributed by atoms with Crippen molar-refractivity contribution in [3.63, 3.8) is 0 Å². The quantitative estimate of drug-likeness (QED) is 0.676. The zero-order valence-corrected chi connectivity index (χ0v) is 14.1. The largest absolute Gasteiger partial charge is 0.367 e. The Hall–Kier alpha value is -2.07. The van der Waals surface area contributed by atoms with Gasteiger partial charge < -0.3 is 5.32 Å². The third-order valence-electron chi connectivity index (χ3n) is 4.67. The van der Waals surface area contributed by atoms with Gasteiger partial charge in [0, 0.05) is 17.8 Å². The number of anilines is 1. The highest BCUT2D eigenvalue weighted by Gasteiger charge is 2.20. The number of hydrogen-bond donors (Lipinski definition) is 1. The third-order valence-corrected chi connectivity index (χ3v) is 4.98. The van der Waals surface area contributed by atoms with Gasteiger partial charge in [-0.05, 0) is 37.1 Å². The minimum absolute atomic E-state index is 0.129. The van der Waals surface area contributed by atoms with E-state index in [4.69, 9.17) is 16.6 Å². The Bertz CT molecular complexity index is 868. The second-order valence-electron chi connectivity index (χ2n) is 6.35. The minimum atomic E-state index is -0.421. The van der Waals surface area contributed by atoms with Crippen LogP contribution in [-0.4, -0.2) is 15.4 Å². The molecule has 3 nitrogen and oxygen atoms in total. The van der Waals surface area contributed by atoms with Gasteiger partial charge in [0.2, 0.25) is 0 Å². The van der Waals surface area contributed by atoms with E-state index in [1.54, 1.807) is 6.07 Å². The molecule has 4 rings (SSSR count). The number of halogens is 2. The molecule has 0 aliphatic heterocycles. The van der Waals surface area contributed by atoms with Gasteiger partial charge in [-0.25, -0.2) is 9.37 Å². The van der Waals surface area contributed by atoms with E-state index in [-0.39, 0.29) is 5.02 Å². The number of aromatic nitrogens is 2. The number of benzene rings is 1. The minimum Gasteiger partial charge on any atom is -0.367 e. The van der Waals surface area contributed by atoms with E-state index < -0.39 is 5.82 Å². The van der Waals surface area contributed by atoms with E-state index in [0.29, 0.717) is 6.04 Å². The summed E-state index contributed by atoms with van der Waals surface area (Å²) in [4.78, 5) is 4.71. The molecular weight excluding hydrogens is 325 g/mol. The summed E-state index contributed by atoms with van der Waals surface area (Å²) in [5.41, 5.74) is 2.35. The van der Waals surface area contributed by atoms with Crippen molar-refractivity contribution in [1.29, 1.82) is 0 Å². The van der Waals surface area contributed by atoms with Crippen molar-refractivity contribution in [3.05, 3.63) is 53.4 Å². The first-order valence-corrected chi connectivity index (χ1v) is 8.79. The Labute approximate surface area is 145 Å². The lowest BCUT2D eigenvalue weighted by molar-refractivity contribution is 0.462. The van der Waals surface area contributed by atoms with Crippen molar-refractivity contribution in [2.45, 2.75) is 38.1 Å². The Morgan fingerprint density at radius 3 is 2.75 bits per heavy atom. The molecule has 0 radical (unpaired) electrons. The number of hydrogen-bond acceptors (Lipinski definition) is 2. The van der Waals surface area contributed by atoms with Gasteiger partial charge in [-0.3, -0.25) is 4.40 Å². The van der Waals surface area contributed by atoms with Gasteiger partial charge in [-0.15, -0.1) is 0 Å². The predicted octanol–water partition coefficient (Wildman–Crippen LogP) is 5.54. The van der Waals surface area contributed by atoms with Crippen LogP contribution in [0.25, 0.3) is 16.9 Å². The molecule has 1 aliphatic rings. The summed E-state index contributed by atoms with van der Waals surface area (Å²) >= 11 is 5.83. The summed E-state index contributed by atoms with van der Waals surface area (Å²) in [6.07, 6.45) is 8.12. The van der Waals surface area contributed by atoms with Crippen molar-refractivity contribution in [1.82, 2.24) is 9.38 Å². The highest BCUT2D eigenvalue weighted by molar-refractivity contribution is 6.30. The molecule has 2 aromatic heterocycles. The normalized spacial score (nSPS) is 15.8. The van der Waals surface area contributed by atoms with Crippen LogP contribution in [0.15, 0.2) is 42.6 Å². The molecule has 2 heterocycles. The molecule has 0 unspecified atom stereocenters. The molecule has 1 aromatic carbocycles. The van der Waals surface area contributed by atoms with Crippen LogP contribution in [-0.2, 0) is 0 Å². The van der Waals surface area contributed by atoms with E-state index in [1.165, 1.54) is 25.3 Å². The predicted molar refractivity (Wildman–Crippen MR) is 96.1 cm³/mol. The lowest BCUT2D eigenvalue weighted by Gasteiger charge is -2.24. The first kappa shape index (κ1) is 15.5. The number of rotatable bonds is 3. The van der Waals surface area contributed by atoms with E-state index >= 15 is 0 Å². The van der Waals surface area contributed by atoms with Crippen LogP contribution in [0.5, 0.6) is 0 Å². The van der Waals surface area contributed by atoms with Crippen LogP contribution < -0.4 is 5.32 Å². The van der Waals surface area contributed by atoms with Crippen molar-refractivity contribution >= 4 is 23.1 Å². The van der Waals surface area contributed by atoms with Crippen LogP contribution in [0.1, 0.15) is 32.1 Å². The lowest BCUT2D eigenvalue weighted by Crippen LogP contribution is -2.23. The molecule has 1 aliphatic carbocycles. The first-order chi connectivity index (χ1) is 11.7. The topological polar surface area (TPSA) is 29.3 Å². The van der Waals surface area contributed by atoms with Crippen LogP contribution in [0, 0.1) is 5.82 Å². The molecule has 0 bridgehead atoms. The number of nitrogens with zero attached hydrogens (tertiary/aromatic N) is 2. The number of imidazole rings is 1. The first-order valence-electron chi connectivity index (χ1n) is 8.41. The molecule has 1 saturated carbocycles. The zero-order valence-electron chi connectivity index (χ0n) is 13.3. The van der Waals surface area contributed by atoms with E-state index in [0.717, 1.165) is 35.6 Å². The molecule has 24 heavy (non-hydrogen) atoms. The molecular formula is C19H19ClFN3. The van der Waals surface area contributed by atoms with Crippen molar-refractivity contribution in [2.75, 3.05) is 5.32 Å². The molecule has 0 saturated heterocycles. The fraction of sp³-hybridized carbons (Fsp3) is 0.316. The molecule has 3 aromatic rings. The average molecular weight is 344 g/mol. The van der Waals surface area contributed by atoms with Crippen molar-refractivity contribution in [2.24, 2.45) is 0 Å². The van der Waals surface area contributed by atoms with Crippen LogP contribution in [0.2, 0.25) is 5.02 Å². The van der Waals surface area contributed by atoms with Crippen LogP contribution in [0.3, 0.4) is 0 Å². The lowest BCUT2D eigenvalue weighted by atomic mass is 9.95. The summed E-state index contributed by atoms with van der Waals surface area (Å²) in [6, 6.07) is 11.2. The highest BCUT2D eigenvalue weighted by Crippen LogP contribution is 2.32. The monoisotopic (exact) mass is 343 g/mol. The maximum Gasteiger partial charge on any atom is 0.142 e. The van der Waals surface area contributed by atoms with Gasteiger partial charge in [0.25, 0.3) is 0 Å². The molecule has 124 valence electrons. The molecule has 1 fully saturated rings. The van der Waals surface area contributed by atoms with Gasteiger partial charge in [0.1, 0.15) is 23.0 Å². The van der Waals surface area contributed by atoms with Crippen molar-refractivity contribution in [3.8, 4) is 11.3 Å². The van der Waals surface area contributed by atoms with E-state index in [2.05, 4.69) is 5.32 Å². The van der Waals surface area contributed by atoms with Gasteiger partial charge >= 0.3 is 0 Å². The van der Waals surface area contributed by atoms with Gasteiger partial charge in [-0.1, -0.05) is 43.0 Å². The van der Waals surface area contributed by atoms with Crippen molar-refractivity contribution < 1.29 is 4.39 Å². The highest BCUT2D eigenvalue weighted by atomic mass is 35.5. The van der Waals surface area contributed by atoms with Gasteiger partial charge in [-0.2, -0.15) is 0 Å². The Morgan fingerprint density at radius 1 is 1.12 bits per heavy atom. The SMILES string of the molecule is Fc1cc(-c2nc3ccccn3c2NC2CCCCC2)ccc1Cl. The number of nitrogens with one attached hydrogen (secondary N) is 1. The number of pyridine rings is 1. The summed E-state index contributed by atoms with van der Waals surface area (Å²) < 4.78 is 16.0. The molecule has 5 heteroatoms. The summed E-state index contributed by atoms with van der Waals surface area (Å²) in [5, 5.41) is 3.78. The molecule has 1 N–H and O–H groups in total. The second kappa shape index (κ2) is 6.44. The fourth-order valence-electron chi connectivity index (χ4n) is 3.42. The number of fused-ring (bicyclic) bond motifs is 1. The standard InChI is InChI=1S/C19H19ClFN3/c20-15-10-9-13(12-16(15)21)18-19(22-14-6-2-1-3-7-14)24-11-5-4-8-17(24)23-18/h4-5,8-12,14,22H,1-3,6-7H2. The zero-order chi connectivity index (χ0) is 16.5. The smallest absolute Gasteiger partial charge is 0.142 e. The average Bonchev–Trinajstić information content (AvgIpc) is 2.97. The molecule has 0 spiro atoms. The van der Waals surface area contributed by atoms with Crippen LogP contribution >= 0.6 is 11.6 Å². The van der Waals surface area contributed by atoms with E-state index in [9.17, 15) is 4.39 Å². The summed E-state index contributed by atoms with van der Waals surface area (Å²) in [7, 11) is 0. The third kappa shape index (κ3) is 2.86.